The summed E-state index contributed by atoms with van der Waals surface area (Å²) in [6.07, 6.45) is 0. The Kier molecular flexibility index (Phi) is 5.99. The van der Waals surface area contributed by atoms with Crippen molar-refractivity contribution in [2.75, 3.05) is 7.11 Å². The Hall–Kier alpha value is -2.33. The van der Waals surface area contributed by atoms with Crippen LogP contribution in [0.1, 0.15) is 34.6 Å². The van der Waals surface area contributed by atoms with E-state index in [-0.39, 0.29) is 17.6 Å². The molecule has 0 aliphatic carbocycles. The predicted octanol–water partition coefficient (Wildman–Crippen LogP) is 3.99. The number of nitrogens with one attached hydrogen (secondary N) is 1. The Morgan fingerprint density at radius 1 is 0.958 bits per heavy atom. The van der Waals surface area contributed by atoms with E-state index in [0.29, 0.717) is 21.9 Å². The molecule has 0 saturated carbocycles. The molecule has 0 bridgehead atoms. The van der Waals surface area contributed by atoms with Crippen molar-refractivity contribution in [1.29, 1.82) is 0 Å². The zero-order chi connectivity index (χ0) is 17.7. The highest BCUT2D eigenvalue weighted by Gasteiger charge is 2.25. The molecule has 0 fully saturated rings. The SMILES string of the molecule is COc1ccc(C(=O)NC(C(=O)c2ccc(Cl)cc2)C(C)C)cc1. The topological polar surface area (TPSA) is 55.4 Å². The molecule has 1 atom stereocenters. The number of hydrogen-bond donors (Lipinski definition) is 1. The summed E-state index contributed by atoms with van der Waals surface area (Å²) in [6, 6.07) is 12.8. The minimum absolute atomic E-state index is 0.0459. The third kappa shape index (κ3) is 4.36. The van der Waals surface area contributed by atoms with E-state index in [1.54, 1.807) is 55.6 Å². The molecular formula is C19H20ClNO3. The number of carbonyl (C=O) groups is 2. The maximum Gasteiger partial charge on any atom is 0.251 e. The first-order valence-corrected chi connectivity index (χ1v) is 8.05. The first kappa shape index (κ1) is 18.0. The van der Waals surface area contributed by atoms with Crippen LogP contribution >= 0.6 is 11.6 Å². The van der Waals surface area contributed by atoms with Crippen molar-refractivity contribution in [3.05, 3.63) is 64.7 Å². The van der Waals surface area contributed by atoms with Crippen LogP contribution in [0.2, 0.25) is 5.02 Å². The summed E-state index contributed by atoms with van der Waals surface area (Å²) in [5.41, 5.74) is 0.999. The third-order valence-electron chi connectivity index (χ3n) is 3.72. The number of halogens is 1. The first-order chi connectivity index (χ1) is 11.4. The highest BCUT2D eigenvalue weighted by atomic mass is 35.5. The number of Topliss-reactive ketones (excluding diaryl/α,β-unsaturated/α-hetero) is 1. The number of benzene rings is 2. The summed E-state index contributed by atoms with van der Waals surface area (Å²) in [4.78, 5) is 25.1. The van der Waals surface area contributed by atoms with Crippen LogP contribution in [0, 0.1) is 5.92 Å². The standard InChI is InChI=1S/C19H20ClNO3/c1-12(2)17(18(22)13-4-8-15(20)9-5-13)21-19(23)14-6-10-16(24-3)11-7-14/h4-12,17H,1-3H3,(H,21,23). The maximum atomic E-state index is 12.7. The van der Waals surface area contributed by atoms with E-state index in [0.717, 1.165) is 0 Å². The van der Waals surface area contributed by atoms with Crippen molar-refractivity contribution in [3.8, 4) is 5.75 Å². The van der Waals surface area contributed by atoms with Gasteiger partial charge in [0.2, 0.25) is 0 Å². The average molecular weight is 346 g/mol. The van der Waals surface area contributed by atoms with Crippen molar-refractivity contribution in [2.24, 2.45) is 5.92 Å². The summed E-state index contributed by atoms with van der Waals surface area (Å²) < 4.78 is 5.08. The van der Waals surface area contributed by atoms with Crippen molar-refractivity contribution < 1.29 is 14.3 Å². The van der Waals surface area contributed by atoms with Gasteiger partial charge in [-0.25, -0.2) is 0 Å². The Morgan fingerprint density at radius 2 is 1.50 bits per heavy atom. The van der Waals surface area contributed by atoms with Crippen LogP contribution in [0.5, 0.6) is 5.75 Å². The fourth-order valence-corrected chi connectivity index (χ4v) is 2.42. The van der Waals surface area contributed by atoms with Crippen molar-refractivity contribution in [3.63, 3.8) is 0 Å². The summed E-state index contributed by atoms with van der Waals surface area (Å²) in [7, 11) is 1.56. The van der Waals surface area contributed by atoms with Crippen molar-refractivity contribution in [2.45, 2.75) is 19.9 Å². The molecule has 1 amide bonds. The average Bonchev–Trinajstić information content (AvgIpc) is 2.59. The van der Waals surface area contributed by atoms with E-state index in [1.807, 2.05) is 13.8 Å². The molecule has 0 aliphatic rings. The largest absolute Gasteiger partial charge is 0.497 e. The predicted molar refractivity (Wildman–Crippen MR) is 94.9 cm³/mol. The molecule has 4 nitrogen and oxygen atoms in total. The van der Waals surface area contributed by atoms with Gasteiger partial charge in [0.15, 0.2) is 5.78 Å². The zero-order valence-corrected chi connectivity index (χ0v) is 14.6. The van der Waals surface area contributed by atoms with E-state index in [4.69, 9.17) is 16.3 Å². The molecule has 0 heterocycles. The van der Waals surface area contributed by atoms with Gasteiger partial charge in [-0.1, -0.05) is 25.4 Å². The van der Waals surface area contributed by atoms with E-state index in [1.165, 1.54) is 0 Å². The van der Waals surface area contributed by atoms with Gasteiger partial charge in [0, 0.05) is 16.1 Å². The lowest BCUT2D eigenvalue weighted by molar-refractivity contribution is 0.0831. The van der Waals surface area contributed by atoms with Gasteiger partial charge < -0.3 is 10.1 Å². The van der Waals surface area contributed by atoms with E-state index in [9.17, 15) is 9.59 Å². The molecule has 0 aliphatic heterocycles. The van der Waals surface area contributed by atoms with E-state index >= 15 is 0 Å². The highest BCUT2D eigenvalue weighted by Crippen LogP contribution is 2.16. The molecule has 126 valence electrons. The van der Waals surface area contributed by atoms with Gasteiger partial charge in [0.25, 0.3) is 5.91 Å². The third-order valence-corrected chi connectivity index (χ3v) is 3.97. The molecule has 2 rings (SSSR count). The number of ketones is 1. The van der Waals surface area contributed by atoms with Gasteiger partial charge in [-0.3, -0.25) is 9.59 Å². The molecule has 0 saturated heterocycles. The molecular weight excluding hydrogens is 326 g/mol. The normalized spacial score (nSPS) is 11.9. The molecule has 24 heavy (non-hydrogen) atoms. The fraction of sp³-hybridized carbons (Fsp3) is 0.263. The lowest BCUT2D eigenvalue weighted by Gasteiger charge is -2.21. The van der Waals surface area contributed by atoms with Crippen LogP contribution in [-0.4, -0.2) is 24.8 Å². The minimum Gasteiger partial charge on any atom is -0.497 e. The number of methoxy groups -OCH3 is 1. The molecule has 5 heteroatoms. The molecule has 1 unspecified atom stereocenters. The zero-order valence-electron chi connectivity index (χ0n) is 13.9. The maximum absolute atomic E-state index is 12.7. The van der Waals surface area contributed by atoms with Crippen molar-refractivity contribution in [1.82, 2.24) is 5.32 Å². The Balaban J connectivity index is 2.16. The van der Waals surface area contributed by atoms with Gasteiger partial charge in [-0.05, 0) is 54.4 Å². The van der Waals surface area contributed by atoms with Crippen LogP contribution in [0.4, 0.5) is 0 Å². The van der Waals surface area contributed by atoms with Crippen LogP contribution in [0.15, 0.2) is 48.5 Å². The van der Waals surface area contributed by atoms with E-state index in [2.05, 4.69) is 5.32 Å². The van der Waals surface area contributed by atoms with Crippen LogP contribution in [0.3, 0.4) is 0 Å². The Labute approximate surface area is 146 Å². The molecule has 2 aromatic rings. The van der Waals surface area contributed by atoms with Crippen molar-refractivity contribution >= 4 is 23.3 Å². The summed E-state index contributed by atoms with van der Waals surface area (Å²) in [5, 5.41) is 3.39. The number of ether oxygens (including phenoxy) is 1. The monoisotopic (exact) mass is 345 g/mol. The Bertz CT molecular complexity index is 708. The highest BCUT2D eigenvalue weighted by molar-refractivity contribution is 6.30. The molecule has 0 aromatic heterocycles. The molecule has 2 aromatic carbocycles. The Morgan fingerprint density at radius 3 is 2.00 bits per heavy atom. The van der Waals surface area contributed by atoms with E-state index < -0.39 is 6.04 Å². The van der Waals surface area contributed by atoms with Crippen LogP contribution in [-0.2, 0) is 0 Å². The van der Waals surface area contributed by atoms with Gasteiger partial charge in [0.1, 0.15) is 5.75 Å². The van der Waals surface area contributed by atoms with Crippen LogP contribution in [0.25, 0.3) is 0 Å². The smallest absolute Gasteiger partial charge is 0.251 e. The molecule has 0 radical (unpaired) electrons. The summed E-state index contributed by atoms with van der Waals surface area (Å²) >= 11 is 5.86. The lowest BCUT2D eigenvalue weighted by atomic mass is 9.94. The van der Waals surface area contributed by atoms with Gasteiger partial charge in [-0.2, -0.15) is 0 Å². The number of hydrogen-bond acceptors (Lipinski definition) is 3. The second kappa shape index (κ2) is 7.97. The molecule has 0 spiro atoms. The first-order valence-electron chi connectivity index (χ1n) is 7.67. The summed E-state index contributed by atoms with van der Waals surface area (Å²) in [6.45, 7) is 3.79. The second-order valence-corrected chi connectivity index (χ2v) is 6.23. The quantitative estimate of drug-likeness (QED) is 0.805. The van der Waals surface area contributed by atoms with Crippen LogP contribution < -0.4 is 10.1 Å². The van der Waals surface area contributed by atoms with Gasteiger partial charge in [0.05, 0.1) is 13.2 Å². The lowest BCUT2D eigenvalue weighted by Crippen LogP contribution is -2.44. The minimum atomic E-state index is -0.610. The molecule has 1 N–H and O–H groups in total. The van der Waals surface area contributed by atoms with Gasteiger partial charge in [-0.15, -0.1) is 0 Å². The number of rotatable bonds is 6. The van der Waals surface area contributed by atoms with Gasteiger partial charge >= 0.3 is 0 Å². The fourth-order valence-electron chi connectivity index (χ4n) is 2.30. The number of carbonyl (C=O) groups excluding carboxylic acids is 2. The summed E-state index contributed by atoms with van der Waals surface area (Å²) in [5.74, 6) is 0.196. The second-order valence-electron chi connectivity index (χ2n) is 5.79. The number of amides is 1.